The molecule has 3 aromatic rings. The number of H-pyrrole nitrogens is 1. The summed E-state index contributed by atoms with van der Waals surface area (Å²) in [6.07, 6.45) is 2.84. The van der Waals surface area contributed by atoms with Crippen molar-refractivity contribution < 1.29 is 4.79 Å². The van der Waals surface area contributed by atoms with Crippen molar-refractivity contribution in [3.8, 4) is 0 Å². The maximum Gasteiger partial charge on any atom is 0.253 e. The number of carbonyl (C=O) groups is 1. The van der Waals surface area contributed by atoms with Crippen LogP contribution >= 0.6 is 0 Å². The van der Waals surface area contributed by atoms with Crippen molar-refractivity contribution in [3.63, 3.8) is 0 Å². The predicted molar refractivity (Wildman–Crippen MR) is 92.8 cm³/mol. The molecule has 0 unspecified atom stereocenters. The molecule has 1 aliphatic rings. The first kappa shape index (κ1) is 13.9. The van der Waals surface area contributed by atoms with Gasteiger partial charge in [0.05, 0.1) is 11.1 Å². The fourth-order valence-electron chi connectivity index (χ4n) is 3.29. The highest BCUT2D eigenvalue weighted by atomic mass is 16.1. The average Bonchev–Trinajstić information content (AvgIpc) is 3.24. The molecule has 2 aromatic carbocycles. The molecule has 0 bridgehead atoms. The quantitative estimate of drug-likeness (QED) is 0.781. The van der Waals surface area contributed by atoms with Crippen molar-refractivity contribution in [1.82, 2.24) is 10.3 Å². The highest BCUT2D eigenvalue weighted by Crippen LogP contribution is 2.21. The van der Waals surface area contributed by atoms with Gasteiger partial charge in [-0.25, -0.2) is 0 Å². The highest BCUT2D eigenvalue weighted by molar-refractivity contribution is 6.05. The van der Waals surface area contributed by atoms with Crippen molar-refractivity contribution in [2.75, 3.05) is 18.0 Å². The van der Waals surface area contributed by atoms with Crippen LogP contribution in [-0.2, 0) is 0 Å². The maximum absolute atomic E-state index is 12.6. The van der Waals surface area contributed by atoms with Crippen LogP contribution in [0.4, 0.5) is 5.69 Å². The van der Waals surface area contributed by atoms with E-state index in [1.165, 1.54) is 5.69 Å². The van der Waals surface area contributed by atoms with E-state index < -0.39 is 0 Å². The molecule has 1 aromatic heterocycles. The van der Waals surface area contributed by atoms with E-state index in [9.17, 15) is 4.79 Å². The number of hydrogen-bond donors (Lipinski definition) is 2. The molecule has 1 saturated heterocycles. The lowest BCUT2D eigenvalue weighted by atomic mass is 10.1. The lowest BCUT2D eigenvalue weighted by molar-refractivity contribution is 0.0942. The maximum atomic E-state index is 12.6. The first-order chi connectivity index (χ1) is 11.3. The first-order valence-electron chi connectivity index (χ1n) is 7.98. The van der Waals surface area contributed by atoms with Crippen LogP contribution in [0.1, 0.15) is 16.8 Å². The number of para-hydroxylation sites is 2. The van der Waals surface area contributed by atoms with Gasteiger partial charge in [-0.1, -0.05) is 30.3 Å². The van der Waals surface area contributed by atoms with Gasteiger partial charge in [0, 0.05) is 36.4 Å². The number of nitrogens with one attached hydrogen (secondary N) is 2. The molecule has 0 spiro atoms. The number of aromatic nitrogens is 1. The minimum absolute atomic E-state index is 0.00189. The molecule has 116 valence electrons. The number of anilines is 1. The van der Waals surface area contributed by atoms with Crippen LogP contribution in [0.5, 0.6) is 0 Å². The SMILES string of the molecule is O=C(N[C@H]1CCN(c2ccccc2)C1)c1cccc2cc[nH]c12. The van der Waals surface area contributed by atoms with E-state index in [0.29, 0.717) is 5.56 Å². The Balaban J connectivity index is 1.47. The van der Waals surface area contributed by atoms with Gasteiger partial charge in [0.2, 0.25) is 0 Å². The fraction of sp³-hybridized carbons (Fsp3) is 0.211. The van der Waals surface area contributed by atoms with Gasteiger partial charge in [-0.05, 0) is 30.7 Å². The molecule has 0 radical (unpaired) electrons. The van der Waals surface area contributed by atoms with Gasteiger partial charge in [-0.15, -0.1) is 0 Å². The molecule has 2 N–H and O–H groups in total. The molecule has 23 heavy (non-hydrogen) atoms. The second-order valence-electron chi connectivity index (χ2n) is 5.99. The normalized spacial score (nSPS) is 17.6. The van der Waals surface area contributed by atoms with Crippen LogP contribution < -0.4 is 10.2 Å². The summed E-state index contributed by atoms with van der Waals surface area (Å²) in [6.45, 7) is 1.83. The summed E-state index contributed by atoms with van der Waals surface area (Å²) in [4.78, 5) is 18.1. The van der Waals surface area contributed by atoms with Crippen molar-refractivity contribution in [2.45, 2.75) is 12.5 Å². The summed E-state index contributed by atoms with van der Waals surface area (Å²) >= 11 is 0. The van der Waals surface area contributed by atoms with Gasteiger partial charge in [0.25, 0.3) is 5.91 Å². The smallest absolute Gasteiger partial charge is 0.253 e. The zero-order chi connectivity index (χ0) is 15.6. The third-order valence-corrected chi connectivity index (χ3v) is 4.48. The summed E-state index contributed by atoms with van der Waals surface area (Å²) in [6, 6.07) is 18.3. The number of nitrogens with zero attached hydrogens (tertiary/aromatic N) is 1. The molecule has 1 amide bonds. The van der Waals surface area contributed by atoms with E-state index in [4.69, 9.17) is 0 Å². The molecule has 4 nitrogen and oxygen atoms in total. The van der Waals surface area contributed by atoms with Gasteiger partial charge in [-0.2, -0.15) is 0 Å². The summed E-state index contributed by atoms with van der Waals surface area (Å²) in [7, 11) is 0. The van der Waals surface area contributed by atoms with Gasteiger partial charge < -0.3 is 15.2 Å². The van der Waals surface area contributed by atoms with E-state index in [1.54, 1.807) is 0 Å². The Bertz CT molecular complexity index is 825. The van der Waals surface area contributed by atoms with Gasteiger partial charge in [0.15, 0.2) is 0 Å². The minimum atomic E-state index is -0.00189. The zero-order valence-corrected chi connectivity index (χ0v) is 12.8. The molecule has 0 saturated carbocycles. The van der Waals surface area contributed by atoms with Crippen molar-refractivity contribution >= 4 is 22.5 Å². The van der Waals surface area contributed by atoms with E-state index in [1.807, 2.05) is 48.7 Å². The highest BCUT2D eigenvalue weighted by Gasteiger charge is 2.24. The predicted octanol–water partition coefficient (Wildman–Crippen LogP) is 3.18. The molecule has 2 heterocycles. The molecular formula is C19H19N3O. The van der Waals surface area contributed by atoms with Crippen LogP contribution in [0.25, 0.3) is 10.9 Å². The summed E-state index contributed by atoms with van der Waals surface area (Å²) in [5, 5.41) is 4.24. The van der Waals surface area contributed by atoms with Crippen molar-refractivity contribution in [2.24, 2.45) is 0 Å². The van der Waals surface area contributed by atoms with E-state index >= 15 is 0 Å². The molecular weight excluding hydrogens is 286 g/mol. The third kappa shape index (κ3) is 2.68. The minimum Gasteiger partial charge on any atom is -0.369 e. The Morgan fingerprint density at radius 2 is 1.96 bits per heavy atom. The molecule has 1 fully saturated rings. The van der Waals surface area contributed by atoms with Crippen LogP contribution in [-0.4, -0.2) is 30.0 Å². The van der Waals surface area contributed by atoms with Gasteiger partial charge in [0.1, 0.15) is 0 Å². The monoisotopic (exact) mass is 305 g/mol. The van der Waals surface area contributed by atoms with E-state index in [-0.39, 0.29) is 11.9 Å². The lowest BCUT2D eigenvalue weighted by Crippen LogP contribution is -2.37. The van der Waals surface area contributed by atoms with Crippen LogP contribution in [0, 0.1) is 0 Å². The molecule has 0 aliphatic carbocycles. The molecule has 1 aliphatic heterocycles. The Kier molecular flexibility index (Phi) is 3.50. The van der Waals surface area contributed by atoms with E-state index in [2.05, 4.69) is 27.3 Å². The number of benzene rings is 2. The standard InChI is InChI=1S/C19H19N3O/c23-19(17-8-4-5-14-9-11-20-18(14)17)21-15-10-12-22(13-15)16-6-2-1-3-7-16/h1-9,11,15,20H,10,12-13H2,(H,21,23)/t15-/m0/s1. The van der Waals surface area contributed by atoms with Crippen molar-refractivity contribution in [1.29, 1.82) is 0 Å². The number of carbonyl (C=O) groups excluding carboxylic acids is 1. The second-order valence-corrected chi connectivity index (χ2v) is 5.99. The Morgan fingerprint density at radius 1 is 1.09 bits per heavy atom. The molecule has 4 heteroatoms. The van der Waals surface area contributed by atoms with Crippen LogP contribution in [0.2, 0.25) is 0 Å². The number of fused-ring (bicyclic) bond motifs is 1. The van der Waals surface area contributed by atoms with Crippen LogP contribution in [0.15, 0.2) is 60.8 Å². The third-order valence-electron chi connectivity index (χ3n) is 4.48. The Morgan fingerprint density at radius 3 is 2.83 bits per heavy atom. The lowest BCUT2D eigenvalue weighted by Gasteiger charge is -2.19. The molecule has 4 rings (SSSR count). The fourth-order valence-corrected chi connectivity index (χ4v) is 3.29. The number of rotatable bonds is 3. The summed E-state index contributed by atoms with van der Waals surface area (Å²) in [5.74, 6) is -0.00189. The van der Waals surface area contributed by atoms with Gasteiger partial charge >= 0.3 is 0 Å². The first-order valence-corrected chi connectivity index (χ1v) is 7.98. The average molecular weight is 305 g/mol. The largest absolute Gasteiger partial charge is 0.369 e. The Hall–Kier alpha value is -2.75. The second kappa shape index (κ2) is 5.80. The number of aromatic amines is 1. The van der Waals surface area contributed by atoms with E-state index in [0.717, 1.165) is 30.4 Å². The molecule has 1 atom stereocenters. The topological polar surface area (TPSA) is 48.1 Å². The zero-order valence-electron chi connectivity index (χ0n) is 12.8. The van der Waals surface area contributed by atoms with Gasteiger partial charge in [-0.3, -0.25) is 4.79 Å². The van der Waals surface area contributed by atoms with Crippen LogP contribution in [0.3, 0.4) is 0 Å². The number of hydrogen-bond acceptors (Lipinski definition) is 2. The van der Waals surface area contributed by atoms with Crippen molar-refractivity contribution in [3.05, 3.63) is 66.4 Å². The summed E-state index contributed by atoms with van der Waals surface area (Å²) < 4.78 is 0. The number of amides is 1. The summed E-state index contributed by atoms with van der Waals surface area (Å²) in [5.41, 5.74) is 2.84. The Labute approximate surface area is 135 Å².